The highest BCUT2D eigenvalue weighted by atomic mass is 15.2. The number of hydrogen-bond acceptors (Lipinski definition) is 3. The zero-order valence-electron chi connectivity index (χ0n) is 9.09. The molecule has 1 aliphatic rings. The number of hydrogen-bond donors (Lipinski definition) is 0. The molecular weight excluding hydrogens is 200 g/mol. The number of imidazole rings is 1. The van der Waals surface area contributed by atoms with Gasteiger partial charge in [0.1, 0.15) is 17.3 Å². The highest BCUT2D eigenvalue weighted by Crippen LogP contribution is 2.39. The second kappa shape index (κ2) is 3.31. The molecule has 1 atom stereocenters. The van der Waals surface area contributed by atoms with Crippen LogP contribution in [0.5, 0.6) is 0 Å². The van der Waals surface area contributed by atoms with Crippen LogP contribution >= 0.6 is 0 Å². The van der Waals surface area contributed by atoms with Gasteiger partial charge in [-0.2, -0.15) is 5.26 Å². The van der Waals surface area contributed by atoms with Crippen LogP contribution in [0.25, 0.3) is 11.2 Å². The van der Waals surface area contributed by atoms with Gasteiger partial charge in [-0.3, -0.25) is 0 Å². The summed E-state index contributed by atoms with van der Waals surface area (Å²) in [7, 11) is 0. The Balaban J connectivity index is 2.27. The first-order valence-electron chi connectivity index (χ1n) is 5.53. The Bertz CT molecular complexity index is 574. The summed E-state index contributed by atoms with van der Waals surface area (Å²) in [6.45, 7) is 1.89. The Morgan fingerprint density at radius 3 is 3.06 bits per heavy atom. The maximum Gasteiger partial charge on any atom is 0.160 e. The molecule has 0 aromatic carbocycles. The Hall–Kier alpha value is -1.89. The van der Waals surface area contributed by atoms with E-state index in [9.17, 15) is 0 Å². The lowest BCUT2D eigenvalue weighted by Crippen LogP contribution is -2.04. The van der Waals surface area contributed by atoms with Crippen LogP contribution < -0.4 is 0 Å². The summed E-state index contributed by atoms with van der Waals surface area (Å²) >= 11 is 0. The van der Waals surface area contributed by atoms with E-state index in [0.29, 0.717) is 6.04 Å². The van der Waals surface area contributed by atoms with Crippen molar-refractivity contribution in [2.24, 2.45) is 0 Å². The minimum absolute atomic E-state index is 0.171. The molecule has 0 saturated heterocycles. The van der Waals surface area contributed by atoms with Crippen LogP contribution in [-0.4, -0.2) is 14.5 Å². The van der Waals surface area contributed by atoms with Crippen LogP contribution in [0.3, 0.4) is 0 Å². The van der Waals surface area contributed by atoms with Crippen molar-refractivity contribution in [1.29, 1.82) is 5.26 Å². The van der Waals surface area contributed by atoms with Gasteiger partial charge in [-0.1, -0.05) is 0 Å². The molecule has 0 spiro atoms. The maximum atomic E-state index is 9.02. The zero-order chi connectivity index (χ0) is 11.1. The summed E-state index contributed by atoms with van der Waals surface area (Å²) in [6, 6.07) is 6.59. The largest absolute Gasteiger partial charge is 0.308 e. The van der Waals surface area contributed by atoms with Crippen molar-refractivity contribution >= 4 is 11.2 Å². The van der Waals surface area contributed by atoms with Gasteiger partial charge in [-0.15, -0.1) is 0 Å². The number of rotatable bonds is 2. The quantitative estimate of drug-likeness (QED) is 0.768. The van der Waals surface area contributed by atoms with Gasteiger partial charge in [0.2, 0.25) is 0 Å². The molecule has 2 aromatic rings. The lowest BCUT2D eigenvalue weighted by atomic mass is 10.2. The number of aromatic nitrogens is 3. The highest BCUT2D eigenvalue weighted by Gasteiger charge is 2.30. The molecule has 0 bridgehead atoms. The van der Waals surface area contributed by atoms with Gasteiger partial charge >= 0.3 is 0 Å². The van der Waals surface area contributed by atoms with E-state index < -0.39 is 0 Å². The van der Waals surface area contributed by atoms with Crippen molar-refractivity contribution in [3.8, 4) is 6.07 Å². The molecule has 2 aromatic heterocycles. The van der Waals surface area contributed by atoms with Gasteiger partial charge in [0.25, 0.3) is 0 Å². The topological polar surface area (TPSA) is 54.5 Å². The molecule has 4 nitrogen and oxygen atoms in total. The summed E-state index contributed by atoms with van der Waals surface area (Å²) in [5, 5.41) is 9.02. The Morgan fingerprint density at radius 1 is 1.56 bits per heavy atom. The molecule has 1 saturated carbocycles. The molecule has 0 radical (unpaired) electrons. The van der Waals surface area contributed by atoms with Gasteiger partial charge in [-0.25, -0.2) is 9.97 Å². The molecule has 4 heteroatoms. The Kier molecular flexibility index (Phi) is 1.93. The summed E-state index contributed by atoms with van der Waals surface area (Å²) in [4.78, 5) is 8.89. The fourth-order valence-electron chi connectivity index (χ4n) is 2.00. The van der Waals surface area contributed by atoms with Gasteiger partial charge in [-0.05, 0) is 31.9 Å². The zero-order valence-corrected chi connectivity index (χ0v) is 9.09. The van der Waals surface area contributed by atoms with E-state index in [-0.39, 0.29) is 5.92 Å². The van der Waals surface area contributed by atoms with E-state index in [1.165, 1.54) is 12.8 Å². The fourth-order valence-corrected chi connectivity index (χ4v) is 2.00. The number of fused-ring (bicyclic) bond motifs is 1. The molecule has 2 heterocycles. The first kappa shape index (κ1) is 9.34. The maximum absolute atomic E-state index is 9.02. The normalized spacial score (nSPS) is 17.2. The molecule has 3 rings (SSSR count). The van der Waals surface area contributed by atoms with Crippen molar-refractivity contribution in [2.45, 2.75) is 31.7 Å². The van der Waals surface area contributed by atoms with Crippen LogP contribution in [0.15, 0.2) is 18.3 Å². The van der Waals surface area contributed by atoms with Crippen molar-refractivity contribution in [3.63, 3.8) is 0 Å². The molecular formula is C12H12N4. The summed E-state index contributed by atoms with van der Waals surface area (Å²) in [6.07, 6.45) is 4.13. The second-order valence-corrected chi connectivity index (χ2v) is 4.27. The average molecular weight is 212 g/mol. The minimum atomic E-state index is -0.171. The smallest absolute Gasteiger partial charge is 0.160 e. The average Bonchev–Trinajstić information content (AvgIpc) is 3.08. The molecule has 0 aliphatic heterocycles. The third kappa shape index (κ3) is 1.28. The Labute approximate surface area is 93.5 Å². The predicted octanol–water partition coefficient (Wildman–Crippen LogP) is 2.39. The van der Waals surface area contributed by atoms with Crippen molar-refractivity contribution < 1.29 is 0 Å². The molecule has 0 amide bonds. The fraction of sp³-hybridized carbons (Fsp3) is 0.417. The van der Waals surface area contributed by atoms with Crippen molar-refractivity contribution in [3.05, 3.63) is 24.2 Å². The summed E-state index contributed by atoms with van der Waals surface area (Å²) < 4.78 is 2.14. The summed E-state index contributed by atoms with van der Waals surface area (Å²) in [5.41, 5.74) is 1.81. The lowest BCUT2D eigenvalue weighted by Gasteiger charge is -2.07. The van der Waals surface area contributed by atoms with Crippen LogP contribution in [0.2, 0.25) is 0 Å². The van der Waals surface area contributed by atoms with Crippen molar-refractivity contribution in [2.75, 3.05) is 0 Å². The van der Waals surface area contributed by atoms with E-state index in [4.69, 9.17) is 5.26 Å². The standard InChI is InChI=1S/C12H12N4/c1-8(7-13)11-15-10-3-2-6-14-12(10)16(11)9-4-5-9/h2-3,6,8-9H,4-5H2,1H3. The van der Waals surface area contributed by atoms with E-state index in [1.807, 2.05) is 19.1 Å². The number of nitrogens with zero attached hydrogens (tertiary/aromatic N) is 4. The first-order chi connectivity index (χ1) is 7.81. The van der Waals surface area contributed by atoms with Gasteiger partial charge in [0.15, 0.2) is 5.65 Å². The number of nitriles is 1. The van der Waals surface area contributed by atoms with Crippen molar-refractivity contribution in [1.82, 2.24) is 14.5 Å². The lowest BCUT2D eigenvalue weighted by molar-refractivity contribution is 0.679. The monoisotopic (exact) mass is 212 g/mol. The molecule has 1 fully saturated rings. The third-order valence-corrected chi connectivity index (χ3v) is 2.97. The van der Waals surface area contributed by atoms with Crippen LogP contribution in [0.4, 0.5) is 0 Å². The first-order valence-corrected chi connectivity index (χ1v) is 5.53. The van der Waals surface area contributed by atoms with Crippen LogP contribution in [0.1, 0.15) is 37.5 Å². The van der Waals surface area contributed by atoms with E-state index in [1.54, 1.807) is 6.20 Å². The van der Waals surface area contributed by atoms with E-state index >= 15 is 0 Å². The molecule has 1 unspecified atom stereocenters. The van der Waals surface area contributed by atoms with Gasteiger partial charge in [0, 0.05) is 12.2 Å². The SMILES string of the molecule is CC(C#N)c1nc2cccnc2n1C1CC1. The van der Waals surface area contributed by atoms with Gasteiger partial charge in [0.05, 0.1) is 6.07 Å². The molecule has 16 heavy (non-hydrogen) atoms. The third-order valence-electron chi connectivity index (χ3n) is 2.97. The van der Waals surface area contributed by atoms with E-state index in [0.717, 1.165) is 17.0 Å². The highest BCUT2D eigenvalue weighted by molar-refractivity contribution is 5.71. The van der Waals surface area contributed by atoms with Crippen LogP contribution in [-0.2, 0) is 0 Å². The molecule has 1 aliphatic carbocycles. The van der Waals surface area contributed by atoms with Gasteiger partial charge < -0.3 is 4.57 Å². The second-order valence-electron chi connectivity index (χ2n) is 4.27. The predicted molar refractivity (Wildman–Crippen MR) is 59.8 cm³/mol. The van der Waals surface area contributed by atoms with E-state index in [2.05, 4.69) is 20.6 Å². The molecule has 80 valence electrons. The van der Waals surface area contributed by atoms with Crippen LogP contribution in [0, 0.1) is 11.3 Å². The number of pyridine rings is 1. The minimum Gasteiger partial charge on any atom is -0.308 e. The molecule has 0 N–H and O–H groups in total. The summed E-state index contributed by atoms with van der Waals surface area (Å²) in [5.74, 6) is 0.688. The Morgan fingerprint density at radius 2 is 2.38 bits per heavy atom.